The highest BCUT2D eigenvalue weighted by atomic mass is 16.5. The number of hydrogen-bond acceptors (Lipinski definition) is 5. The van der Waals surface area contributed by atoms with Crippen molar-refractivity contribution in [2.45, 2.75) is 44.7 Å². The molecule has 0 spiro atoms. The molecule has 1 aliphatic rings. The molecule has 0 aliphatic heterocycles. The summed E-state index contributed by atoms with van der Waals surface area (Å²) in [6.45, 7) is 6.53. The first-order chi connectivity index (χ1) is 9.01. The summed E-state index contributed by atoms with van der Waals surface area (Å²) in [4.78, 5) is 14.3. The maximum Gasteiger partial charge on any atom is 0.327 e. The van der Waals surface area contributed by atoms with Gasteiger partial charge in [-0.1, -0.05) is 0 Å². The summed E-state index contributed by atoms with van der Waals surface area (Å²) in [5.41, 5.74) is -0.612. The Morgan fingerprint density at radius 3 is 2.68 bits per heavy atom. The Kier molecular flexibility index (Phi) is 6.75. The van der Waals surface area contributed by atoms with Crippen molar-refractivity contribution in [2.75, 3.05) is 40.5 Å². The summed E-state index contributed by atoms with van der Waals surface area (Å²) >= 11 is 0. The molecule has 0 saturated heterocycles. The summed E-state index contributed by atoms with van der Waals surface area (Å²) in [5.74, 6) is -0.152. The van der Waals surface area contributed by atoms with Crippen LogP contribution in [0.1, 0.15) is 33.1 Å². The highest BCUT2D eigenvalue weighted by Gasteiger charge is 2.40. The predicted molar refractivity (Wildman–Crippen MR) is 75.2 cm³/mol. The maximum absolute atomic E-state index is 12.2. The standard InChI is InChI=1S/C14H28N2O3/c1-5-19-13(17)14(2,15-12-7-8-12)11-16(3)9-6-10-18-4/h12,15H,5-11H2,1-4H3. The number of hydrogen-bond donors (Lipinski definition) is 1. The summed E-state index contributed by atoms with van der Waals surface area (Å²) in [5, 5.41) is 3.43. The number of carbonyl (C=O) groups is 1. The van der Waals surface area contributed by atoms with Gasteiger partial charge in [0.1, 0.15) is 5.54 Å². The zero-order valence-corrected chi connectivity index (χ0v) is 12.7. The normalized spacial score (nSPS) is 18.4. The lowest BCUT2D eigenvalue weighted by Gasteiger charge is -2.32. The summed E-state index contributed by atoms with van der Waals surface area (Å²) < 4.78 is 10.3. The van der Waals surface area contributed by atoms with Crippen LogP contribution in [0, 0.1) is 0 Å². The van der Waals surface area contributed by atoms with Crippen LogP contribution in [0.2, 0.25) is 0 Å². The van der Waals surface area contributed by atoms with Gasteiger partial charge in [0.05, 0.1) is 6.61 Å². The summed E-state index contributed by atoms with van der Waals surface area (Å²) in [6.07, 6.45) is 3.28. The third-order valence-corrected chi connectivity index (χ3v) is 3.30. The Morgan fingerprint density at radius 2 is 2.16 bits per heavy atom. The third kappa shape index (κ3) is 5.89. The highest BCUT2D eigenvalue weighted by molar-refractivity contribution is 5.80. The van der Waals surface area contributed by atoms with Gasteiger partial charge in [0.2, 0.25) is 0 Å². The second kappa shape index (κ2) is 7.82. The number of rotatable bonds is 10. The zero-order chi connectivity index (χ0) is 14.3. The molecule has 1 unspecified atom stereocenters. The smallest absolute Gasteiger partial charge is 0.327 e. The van der Waals surface area contributed by atoms with Crippen LogP contribution in [-0.2, 0) is 14.3 Å². The number of likely N-dealkylation sites (N-methyl/N-ethyl adjacent to an activating group) is 1. The average molecular weight is 272 g/mol. The molecule has 5 nitrogen and oxygen atoms in total. The SMILES string of the molecule is CCOC(=O)C(C)(CN(C)CCCOC)NC1CC1. The molecule has 1 aliphatic carbocycles. The first-order valence-corrected chi connectivity index (χ1v) is 7.14. The molecule has 1 saturated carbocycles. The second-order valence-corrected chi connectivity index (χ2v) is 5.56. The Bertz CT molecular complexity index is 282. The van der Waals surface area contributed by atoms with E-state index in [4.69, 9.17) is 9.47 Å². The van der Waals surface area contributed by atoms with Gasteiger partial charge in [-0.25, -0.2) is 0 Å². The van der Waals surface area contributed by atoms with Gasteiger partial charge in [-0.05, 0) is 40.2 Å². The predicted octanol–water partition coefficient (Wildman–Crippen LogP) is 1.03. The second-order valence-electron chi connectivity index (χ2n) is 5.56. The number of nitrogens with one attached hydrogen (secondary N) is 1. The Morgan fingerprint density at radius 1 is 1.47 bits per heavy atom. The van der Waals surface area contributed by atoms with E-state index in [1.165, 1.54) is 0 Å². The molecule has 112 valence electrons. The molecule has 0 amide bonds. The van der Waals surface area contributed by atoms with Crippen molar-refractivity contribution in [3.63, 3.8) is 0 Å². The lowest BCUT2D eigenvalue weighted by molar-refractivity contribution is -0.151. The van der Waals surface area contributed by atoms with E-state index in [1.54, 1.807) is 7.11 Å². The van der Waals surface area contributed by atoms with Crippen molar-refractivity contribution < 1.29 is 14.3 Å². The number of nitrogens with zero attached hydrogens (tertiary/aromatic N) is 1. The van der Waals surface area contributed by atoms with E-state index >= 15 is 0 Å². The monoisotopic (exact) mass is 272 g/mol. The first kappa shape index (κ1) is 16.4. The van der Waals surface area contributed by atoms with Crippen LogP contribution in [0.3, 0.4) is 0 Å². The first-order valence-electron chi connectivity index (χ1n) is 7.14. The Balaban J connectivity index is 2.49. The maximum atomic E-state index is 12.2. The molecule has 0 aromatic heterocycles. The molecular weight excluding hydrogens is 244 g/mol. The fourth-order valence-corrected chi connectivity index (χ4v) is 2.24. The van der Waals surface area contributed by atoms with E-state index in [0.717, 1.165) is 32.4 Å². The van der Waals surface area contributed by atoms with Gasteiger partial charge in [-0.15, -0.1) is 0 Å². The molecule has 5 heteroatoms. The Labute approximate surface area is 116 Å². The van der Waals surface area contributed by atoms with Crippen molar-refractivity contribution in [1.82, 2.24) is 10.2 Å². The van der Waals surface area contributed by atoms with Gasteiger partial charge < -0.3 is 14.4 Å². The van der Waals surface area contributed by atoms with Gasteiger partial charge in [0.25, 0.3) is 0 Å². The van der Waals surface area contributed by atoms with E-state index in [1.807, 2.05) is 20.9 Å². The fourth-order valence-electron chi connectivity index (χ4n) is 2.24. The minimum absolute atomic E-state index is 0.152. The molecule has 0 radical (unpaired) electrons. The molecule has 1 fully saturated rings. The van der Waals surface area contributed by atoms with E-state index in [9.17, 15) is 4.79 Å². The van der Waals surface area contributed by atoms with Gasteiger partial charge in [-0.3, -0.25) is 10.1 Å². The largest absolute Gasteiger partial charge is 0.465 e. The molecule has 0 heterocycles. The molecular formula is C14H28N2O3. The van der Waals surface area contributed by atoms with Crippen LogP contribution in [-0.4, -0.2) is 62.9 Å². The molecule has 19 heavy (non-hydrogen) atoms. The minimum Gasteiger partial charge on any atom is -0.465 e. The molecule has 0 aromatic rings. The average Bonchev–Trinajstić information content (AvgIpc) is 3.13. The molecule has 1 rings (SSSR count). The minimum atomic E-state index is -0.612. The van der Waals surface area contributed by atoms with Crippen LogP contribution >= 0.6 is 0 Å². The van der Waals surface area contributed by atoms with Crippen molar-refractivity contribution in [3.8, 4) is 0 Å². The number of ether oxygens (including phenoxy) is 2. The topological polar surface area (TPSA) is 50.8 Å². The van der Waals surface area contributed by atoms with Gasteiger partial charge >= 0.3 is 5.97 Å². The molecule has 1 atom stereocenters. The lowest BCUT2D eigenvalue weighted by Crippen LogP contribution is -2.58. The van der Waals surface area contributed by atoms with Crippen LogP contribution in [0.25, 0.3) is 0 Å². The number of methoxy groups -OCH3 is 1. The Hall–Kier alpha value is -0.650. The van der Waals surface area contributed by atoms with Gasteiger partial charge in [-0.2, -0.15) is 0 Å². The van der Waals surface area contributed by atoms with Gasteiger partial charge in [0, 0.05) is 32.8 Å². The number of esters is 1. The summed E-state index contributed by atoms with van der Waals surface area (Å²) in [7, 11) is 3.74. The van der Waals surface area contributed by atoms with E-state index in [0.29, 0.717) is 19.2 Å². The van der Waals surface area contributed by atoms with Crippen LogP contribution in [0.5, 0.6) is 0 Å². The molecule has 0 bridgehead atoms. The van der Waals surface area contributed by atoms with Gasteiger partial charge in [0.15, 0.2) is 0 Å². The van der Waals surface area contributed by atoms with E-state index < -0.39 is 5.54 Å². The zero-order valence-electron chi connectivity index (χ0n) is 12.7. The van der Waals surface area contributed by atoms with Crippen molar-refractivity contribution in [3.05, 3.63) is 0 Å². The lowest BCUT2D eigenvalue weighted by atomic mass is 10.0. The molecule has 0 aromatic carbocycles. The third-order valence-electron chi connectivity index (χ3n) is 3.30. The summed E-state index contributed by atoms with van der Waals surface area (Å²) in [6, 6.07) is 0.474. The fraction of sp³-hybridized carbons (Fsp3) is 0.929. The molecule has 1 N–H and O–H groups in total. The van der Waals surface area contributed by atoms with Crippen LogP contribution < -0.4 is 5.32 Å². The van der Waals surface area contributed by atoms with Crippen LogP contribution in [0.15, 0.2) is 0 Å². The van der Waals surface area contributed by atoms with E-state index in [-0.39, 0.29) is 5.97 Å². The van der Waals surface area contributed by atoms with Crippen LogP contribution in [0.4, 0.5) is 0 Å². The highest BCUT2D eigenvalue weighted by Crippen LogP contribution is 2.23. The number of carbonyl (C=O) groups excluding carboxylic acids is 1. The van der Waals surface area contributed by atoms with Crippen molar-refractivity contribution in [2.24, 2.45) is 0 Å². The quantitative estimate of drug-likeness (QED) is 0.475. The van der Waals surface area contributed by atoms with E-state index in [2.05, 4.69) is 10.2 Å². The van der Waals surface area contributed by atoms with Crippen molar-refractivity contribution in [1.29, 1.82) is 0 Å². The van der Waals surface area contributed by atoms with Crippen molar-refractivity contribution >= 4 is 5.97 Å².